The first-order valence-electron chi connectivity index (χ1n) is 7.44. The van der Waals surface area contributed by atoms with E-state index in [4.69, 9.17) is 0 Å². The van der Waals surface area contributed by atoms with Crippen LogP contribution >= 0.6 is 11.3 Å². The minimum Gasteiger partial charge on any atom is -0.354 e. The summed E-state index contributed by atoms with van der Waals surface area (Å²) in [5, 5.41) is 3.74. The molecule has 3 heterocycles. The molecule has 118 valence electrons. The summed E-state index contributed by atoms with van der Waals surface area (Å²) in [4.78, 5) is 37.1. The van der Waals surface area contributed by atoms with E-state index in [0.29, 0.717) is 16.9 Å². The van der Waals surface area contributed by atoms with Crippen molar-refractivity contribution in [3.05, 3.63) is 16.7 Å². The Kier molecular flexibility index (Phi) is 4.10. The van der Waals surface area contributed by atoms with Gasteiger partial charge in [-0.05, 0) is 26.7 Å². The zero-order valence-corrected chi connectivity index (χ0v) is 13.4. The Bertz CT molecular complexity index is 738. The van der Waals surface area contributed by atoms with Crippen molar-refractivity contribution in [1.82, 2.24) is 20.3 Å². The Balaban J connectivity index is 1.80. The molecule has 3 rings (SSSR count). The van der Waals surface area contributed by atoms with Gasteiger partial charge in [-0.1, -0.05) is 11.3 Å². The average Bonchev–Trinajstić information content (AvgIpc) is 2.92. The number of rotatable bonds is 3. The molecule has 2 aromatic rings. The van der Waals surface area contributed by atoms with Crippen LogP contribution in [0.15, 0.2) is 11.1 Å². The first kappa shape index (κ1) is 15.0. The second kappa shape index (κ2) is 6.04. The number of carbonyl (C=O) groups is 1. The van der Waals surface area contributed by atoms with Gasteiger partial charge in [0, 0.05) is 19.1 Å². The van der Waals surface area contributed by atoms with Gasteiger partial charge in [-0.25, -0.2) is 4.98 Å². The van der Waals surface area contributed by atoms with Crippen molar-refractivity contribution in [2.24, 2.45) is 5.92 Å². The lowest BCUT2D eigenvalue weighted by Crippen LogP contribution is -2.44. The molecule has 0 unspecified atom stereocenters. The molecule has 1 atom stereocenters. The Hall–Kier alpha value is -1.96. The number of nitrogens with one attached hydrogen (secondary N) is 2. The summed E-state index contributed by atoms with van der Waals surface area (Å²) in [6.07, 6.45) is 3.19. The fourth-order valence-corrected chi connectivity index (χ4v) is 3.61. The summed E-state index contributed by atoms with van der Waals surface area (Å²) in [6.45, 7) is 5.41. The predicted molar refractivity (Wildman–Crippen MR) is 86.3 cm³/mol. The Morgan fingerprint density at radius 3 is 3.09 bits per heavy atom. The van der Waals surface area contributed by atoms with Crippen LogP contribution in [0.2, 0.25) is 0 Å². The van der Waals surface area contributed by atoms with E-state index >= 15 is 0 Å². The van der Waals surface area contributed by atoms with Crippen LogP contribution in [-0.2, 0) is 4.79 Å². The molecule has 7 nitrogen and oxygen atoms in total. The lowest BCUT2D eigenvalue weighted by molar-refractivity contribution is -0.125. The number of nitrogens with zero attached hydrogens (tertiary/aromatic N) is 3. The maximum atomic E-state index is 12.2. The Morgan fingerprint density at radius 1 is 1.55 bits per heavy atom. The van der Waals surface area contributed by atoms with Gasteiger partial charge in [-0.15, -0.1) is 0 Å². The molecule has 22 heavy (non-hydrogen) atoms. The molecule has 2 aromatic heterocycles. The standard InChI is InChI=1S/C14H19N5O2S/c1-8(2)17-12(20)9-4-3-5-19(6-9)14-18-11-10(22-14)13(21)16-7-15-11/h7-9H,3-6H2,1-2H3,(H,17,20)(H,15,16,21)/t9-/m0/s1. The van der Waals surface area contributed by atoms with Crippen molar-refractivity contribution in [2.75, 3.05) is 18.0 Å². The number of aromatic nitrogens is 3. The summed E-state index contributed by atoms with van der Waals surface area (Å²) in [7, 11) is 0. The molecule has 0 bridgehead atoms. The van der Waals surface area contributed by atoms with E-state index in [1.807, 2.05) is 13.8 Å². The number of piperidine rings is 1. The molecule has 0 radical (unpaired) electrons. The maximum absolute atomic E-state index is 12.2. The molecule has 1 amide bonds. The highest BCUT2D eigenvalue weighted by Gasteiger charge is 2.28. The average molecular weight is 321 g/mol. The lowest BCUT2D eigenvalue weighted by atomic mass is 9.97. The third kappa shape index (κ3) is 2.96. The van der Waals surface area contributed by atoms with E-state index in [1.165, 1.54) is 17.7 Å². The second-order valence-electron chi connectivity index (χ2n) is 5.83. The van der Waals surface area contributed by atoms with E-state index in [-0.39, 0.29) is 23.4 Å². The topological polar surface area (TPSA) is 91.0 Å². The molecule has 1 saturated heterocycles. The fourth-order valence-electron chi connectivity index (χ4n) is 2.66. The molecule has 0 aliphatic carbocycles. The van der Waals surface area contributed by atoms with Crippen molar-refractivity contribution in [1.29, 1.82) is 0 Å². The van der Waals surface area contributed by atoms with Crippen molar-refractivity contribution in [3.8, 4) is 0 Å². The van der Waals surface area contributed by atoms with Crippen LogP contribution in [0.5, 0.6) is 0 Å². The van der Waals surface area contributed by atoms with Crippen LogP contribution in [0.25, 0.3) is 10.3 Å². The summed E-state index contributed by atoms with van der Waals surface area (Å²) in [6, 6.07) is 0.146. The van der Waals surface area contributed by atoms with Crippen LogP contribution in [0.1, 0.15) is 26.7 Å². The van der Waals surface area contributed by atoms with Crippen molar-refractivity contribution >= 4 is 32.7 Å². The molecular formula is C14H19N5O2S. The van der Waals surface area contributed by atoms with Gasteiger partial charge in [0.05, 0.1) is 12.2 Å². The first-order valence-corrected chi connectivity index (χ1v) is 8.26. The van der Waals surface area contributed by atoms with Gasteiger partial charge >= 0.3 is 0 Å². The second-order valence-corrected chi connectivity index (χ2v) is 6.81. The number of H-pyrrole nitrogens is 1. The van der Waals surface area contributed by atoms with Gasteiger partial charge in [-0.3, -0.25) is 9.59 Å². The van der Waals surface area contributed by atoms with E-state index in [2.05, 4.69) is 25.2 Å². The number of hydrogen-bond donors (Lipinski definition) is 2. The predicted octanol–water partition coefficient (Wildman–Crippen LogP) is 1.12. The number of fused-ring (bicyclic) bond motifs is 1. The van der Waals surface area contributed by atoms with Crippen LogP contribution in [0.4, 0.5) is 5.13 Å². The van der Waals surface area contributed by atoms with Crippen LogP contribution in [0, 0.1) is 5.92 Å². The summed E-state index contributed by atoms with van der Waals surface area (Å²) >= 11 is 1.33. The molecule has 0 saturated carbocycles. The number of thiazole rings is 1. The molecule has 1 aliphatic heterocycles. The zero-order chi connectivity index (χ0) is 15.7. The Morgan fingerprint density at radius 2 is 2.36 bits per heavy atom. The monoisotopic (exact) mass is 321 g/mol. The molecule has 1 aliphatic rings. The van der Waals surface area contributed by atoms with Crippen LogP contribution < -0.4 is 15.8 Å². The number of anilines is 1. The van der Waals surface area contributed by atoms with Crippen molar-refractivity contribution in [3.63, 3.8) is 0 Å². The molecule has 0 spiro atoms. The van der Waals surface area contributed by atoms with Crippen LogP contribution in [-0.4, -0.2) is 40.0 Å². The molecule has 1 fully saturated rings. The zero-order valence-electron chi connectivity index (χ0n) is 12.6. The summed E-state index contributed by atoms with van der Waals surface area (Å²) in [5.41, 5.74) is 0.303. The first-order chi connectivity index (χ1) is 10.5. The summed E-state index contributed by atoms with van der Waals surface area (Å²) in [5.74, 6) is 0.0613. The highest BCUT2D eigenvalue weighted by atomic mass is 32.1. The number of hydrogen-bond acceptors (Lipinski definition) is 6. The Labute approximate surface area is 131 Å². The molecule has 2 N–H and O–H groups in total. The van der Waals surface area contributed by atoms with E-state index in [0.717, 1.165) is 24.5 Å². The molecule has 0 aromatic carbocycles. The minimum atomic E-state index is -0.167. The fraction of sp³-hybridized carbons (Fsp3) is 0.571. The van der Waals surface area contributed by atoms with E-state index in [1.54, 1.807) is 0 Å². The van der Waals surface area contributed by atoms with Gasteiger partial charge in [-0.2, -0.15) is 4.98 Å². The third-order valence-electron chi connectivity index (χ3n) is 3.68. The SMILES string of the molecule is CC(C)NC(=O)[C@H]1CCCN(c2nc3nc[nH]c(=O)c3s2)C1. The quantitative estimate of drug-likeness (QED) is 0.884. The highest BCUT2D eigenvalue weighted by molar-refractivity contribution is 7.22. The largest absolute Gasteiger partial charge is 0.354 e. The third-order valence-corrected chi connectivity index (χ3v) is 4.78. The number of amides is 1. The van der Waals surface area contributed by atoms with E-state index < -0.39 is 0 Å². The highest BCUT2D eigenvalue weighted by Crippen LogP contribution is 2.29. The van der Waals surface area contributed by atoms with Gasteiger partial charge in [0.1, 0.15) is 4.70 Å². The lowest BCUT2D eigenvalue weighted by Gasteiger charge is -2.32. The van der Waals surface area contributed by atoms with E-state index in [9.17, 15) is 9.59 Å². The van der Waals surface area contributed by atoms with Crippen LogP contribution in [0.3, 0.4) is 0 Å². The summed E-state index contributed by atoms with van der Waals surface area (Å²) < 4.78 is 0.534. The molecular weight excluding hydrogens is 302 g/mol. The van der Waals surface area contributed by atoms with Gasteiger partial charge in [0.2, 0.25) is 5.91 Å². The van der Waals surface area contributed by atoms with Gasteiger partial charge in [0.15, 0.2) is 10.8 Å². The smallest absolute Gasteiger partial charge is 0.270 e. The number of carbonyl (C=O) groups excluding carboxylic acids is 1. The molecule has 8 heteroatoms. The van der Waals surface area contributed by atoms with Crippen molar-refractivity contribution < 1.29 is 4.79 Å². The minimum absolute atomic E-state index is 0.0330. The van der Waals surface area contributed by atoms with Gasteiger partial charge < -0.3 is 15.2 Å². The normalized spacial score (nSPS) is 18.9. The number of aromatic amines is 1. The van der Waals surface area contributed by atoms with Crippen molar-refractivity contribution in [2.45, 2.75) is 32.7 Å². The van der Waals surface area contributed by atoms with Gasteiger partial charge in [0.25, 0.3) is 5.56 Å². The maximum Gasteiger partial charge on any atom is 0.270 e.